The number of aromatic amines is 1. The number of carboxylic acid groups (broad SMARTS) is 1. The Hall–Kier alpha value is -2.81. The highest BCUT2D eigenvalue weighted by molar-refractivity contribution is 6.31. The van der Waals surface area contributed by atoms with Gasteiger partial charge in [0.15, 0.2) is 23.1 Å². The Balaban J connectivity index is 1.41. The molecule has 3 aromatic heterocycles. The number of halogens is 2. The van der Waals surface area contributed by atoms with Crippen molar-refractivity contribution in [2.75, 3.05) is 11.9 Å². The lowest BCUT2D eigenvalue weighted by Crippen LogP contribution is -2.46. The summed E-state index contributed by atoms with van der Waals surface area (Å²) in [6, 6.07) is 1.69. The van der Waals surface area contributed by atoms with Gasteiger partial charge in [0, 0.05) is 12.7 Å². The summed E-state index contributed by atoms with van der Waals surface area (Å²) in [4.78, 5) is 24.4. The summed E-state index contributed by atoms with van der Waals surface area (Å²) in [7, 11) is 0. The van der Waals surface area contributed by atoms with Crippen LogP contribution in [0.4, 0.5) is 10.2 Å². The van der Waals surface area contributed by atoms with Crippen molar-refractivity contribution in [2.24, 2.45) is 23.7 Å². The highest BCUT2D eigenvalue weighted by Gasteiger charge is 2.46. The van der Waals surface area contributed by atoms with Crippen molar-refractivity contribution in [1.82, 2.24) is 25.1 Å². The molecule has 1 unspecified atom stereocenters. The maximum absolute atomic E-state index is 14.4. The second-order valence-corrected chi connectivity index (χ2v) is 8.53. The van der Waals surface area contributed by atoms with E-state index in [9.17, 15) is 14.3 Å². The smallest absolute Gasteiger partial charge is 0.307 e. The fourth-order valence-electron chi connectivity index (χ4n) is 5.12. The second kappa shape index (κ2) is 7.46. The Morgan fingerprint density at radius 3 is 2.77 bits per heavy atom. The Labute approximate surface area is 176 Å². The van der Waals surface area contributed by atoms with Crippen LogP contribution in [0.3, 0.4) is 0 Å². The molecule has 6 rings (SSSR count). The van der Waals surface area contributed by atoms with E-state index in [1.165, 1.54) is 6.20 Å². The minimum atomic E-state index is -0.756. The average Bonchev–Trinajstić information content (AvgIpc) is 3.16. The number of pyridine rings is 1. The number of nitrogens with one attached hydrogen (secondary N) is 2. The molecule has 0 spiro atoms. The molecule has 0 aromatic carbocycles. The molecule has 0 radical (unpaired) electrons. The predicted molar refractivity (Wildman–Crippen MR) is 108 cm³/mol. The highest BCUT2D eigenvalue weighted by atomic mass is 35.5. The van der Waals surface area contributed by atoms with Crippen LogP contribution in [-0.2, 0) is 4.79 Å². The van der Waals surface area contributed by atoms with Crippen LogP contribution in [0.1, 0.15) is 25.7 Å². The zero-order valence-electron chi connectivity index (χ0n) is 16.0. The predicted octanol–water partition coefficient (Wildman–Crippen LogP) is 3.76. The van der Waals surface area contributed by atoms with Gasteiger partial charge in [-0.05, 0) is 49.5 Å². The van der Waals surface area contributed by atoms with E-state index in [2.05, 4.69) is 30.5 Å². The van der Waals surface area contributed by atoms with Crippen LogP contribution in [-0.4, -0.2) is 42.8 Å². The first kappa shape index (κ1) is 19.2. The van der Waals surface area contributed by atoms with E-state index < -0.39 is 11.8 Å². The number of hydrogen-bond donors (Lipinski definition) is 3. The lowest BCUT2D eigenvalue weighted by atomic mass is 9.58. The largest absolute Gasteiger partial charge is 0.481 e. The summed E-state index contributed by atoms with van der Waals surface area (Å²) in [6.07, 6.45) is 6.58. The third kappa shape index (κ3) is 3.27. The first-order chi connectivity index (χ1) is 14.5. The van der Waals surface area contributed by atoms with Gasteiger partial charge in [-0.2, -0.15) is 5.10 Å². The van der Waals surface area contributed by atoms with Crippen LogP contribution < -0.4 is 5.32 Å². The molecule has 8 nitrogen and oxygen atoms in total. The van der Waals surface area contributed by atoms with Crippen molar-refractivity contribution in [1.29, 1.82) is 0 Å². The Bertz CT molecular complexity index is 1110. The molecule has 0 amide bonds. The van der Waals surface area contributed by atoms with Crippen LogP contribution in [0, 0.1) is 29.5 Å². The fourth-order valence-corrected chi connectivity index (χ4v) is 5.28. The molecule has 30 heavy (non-hydrogen) atoms. The molecule has 0 saturated heterocycles. The van der Waals surface area contributed by atoms with E-state index in [1.807, 2.05) is 0 Å². The molecule has 3 fully saturated rings. The number of fused-ring (bicyclic) bond motifs is 4. The average molecular weight is 431 g/mol. The molecular weight excluding hydrogens is 411 g/mol. The van der Waals surface area contributed by atoms with Crippen molar-refractivity contribution in [3.63, 3.8) is 0 Å². The molecule has 2 atom stereocenters. The third-order valence-electron chi connectivity index (χ3n) is 6.53. The van der Waals surface area contributed by atoms with Gasteiger partial charge in [-0.25, -0.2) is 19.3 Å². The van der Waals surface area contributed by atoms with Crippen LogP contribution >= 0.6 is 11.6 Å². The quantitative estimate of drug-likeness (QED) is 0.564. The normalized spacial score (nSPS) is 25.5. The van der Waals surface area contributed by atoms with Gasteiger partial charge in [-0.1, -0.05) is 11.6 Å². The topological polar surface area (TPSA) is 117 Å². The molecule has 10 heteroatoms. The molecule has 3 aliphatic rings. The lowest BCUT2D eigenvalue weighted by molar-refractivity contribution is -0.151. The minimum Gasteiger partial charge on any atom is -0.481 e. The Kier molecular flexibility index (Phi) is 4.77. The Morgan fingerprint density at radius 2 is 2.00 bits per heavy atom. The number of carboxylic acids is 1. The van der Waals surface area contributed by atoms with Gasteiger partial charge in [-0.15, -0.1) is 0 Å². The molecular formula is C20H20ClFN6O2. The molecule has 3 N–H and O–H groups in total. The molecule has 0 aliphatic heterocycles. The molecule has 3 aromatic rings. The molecule has 2 bridgehead atoms. The number of carbonyl (C=O) groups is 1. The maximum Gasteiger partial charge on any atom is 0.307 e. The molecule has 156 valence electrons. The van der Waals surface area contributed by atoms with E-state index in [-0.39, 0.29) is 29.4 Å². The van der Waals surface area contributed by atoms with Gasteiger partial charge >= 0.3 is 5.97 Å². The highest BCUT2D eigenvalue weighted by Crippen LogP contribution is 2.49. The van der Waals surface area contributed by atoms with Gasteiger partial charge < -0.3 is 10.4 Å². The molecule has 3 aliphatic carbocycles. The molecule has 3 saturated carbocycles. The van der Waals surface area contributed by atoms with Crippen molar-refractivity contribution < 1.29 is 14.3 Å². The number of aliphatic carboxylic acids is 1. The first-order valence-corrected chi connectivity index (χ1v) is 10.4. The van der Waals surface area contributed by atoms with E-state index in [1.54, 1.807) is 6.07 Å². The van der Waals surface area contributed by atoms with Gasteiger partial charge in [0.05, 0.1) is 22.5 Å². The zero-order chi connectivity index (χ0) is 20.8. The number of anilines is 1. The molecule has 3 heterocycles. The summed E-state index contributed by atoms with van der Waals surface area (Å²) >= 11 is 6.03. The maximum atomic E-state index is 14.4. The van der Waals surface area contributed by atoms with Crippen LogP contribution in [0.2, 0.25) is 5.02 Å². The van der Waals surface area contributed by atoms with Crippen LogP contribution in [0.5, 0.6) is 0 Å². The number of nitrogens with zero attached hydrogens (tertiary/aromatic N) is 4. The minimum absolute atomic E-state index is 0.0381. The summed E-state index contributed by atoms with van der Waals surface area (Å²) < 4.78 is 14.4. The van der Waals surface area contributed by atoms with Crippen molar-refractivity contribution in [3.8, 4) is 11.5 Å². The number of hydrogen-bond acceptors (Lipinski definition) is 6. The van der Waals surface area contributed by atoms with Crippen molar-refractivity contribution in [2.45, 2.75) is 25.7 Å². The van der Waals surface area contributed by atoms with Gasteiger partial charge in [0.2, 0.25) is 0 Å². The summed E-state index contributed by atoms with van der Waals surface area (Å²) in [5, 5.41) is 20.8. The summed E-state index contributed by atoms with van der Waals surface area (Å²) in [6.45, 7) is 0.364. The summed E-state index contributed by atoms with van der Waals surface area (Å²) in [5.41, 5.74) is 0.947. The van der Waals surface area contributed by atoms with Crippen LogP contribution in [0.15, 0.2) is 18.5 Å². The van der Waals surface area contributed by atoms with E-state index in [0.717, 1.165) is 31.9 Å². The van der Waals surface area contributed by atoms with Gasteiger partial charge in [-0.3, -0.25) is 9.89 Å². The number of H-pyrrole nitrogens is 1. The van der Waals surface area contributed by atoms with Gasteiger partial charge in [0.25, 0.3) is 0 Å². The Morgan fingerprint density at radius 1 is 1.23 bits per heavy atom. The van der Waals surface area contributed by atoms with E-state index >= 15 is 0 Å². The second-order valence-electron chi connectivity index (χ2n) is 8.10. The first-order valence-electron chi connectivity index (χ1n) is 10.0. The van der Waals surface area contributed by atoms with E-state index in [0.29, 0.717) is 34.2 Å². The van der Waals surface area contributed by atoms with Gasteiger partial charge in [0.1, 0.15) is 5.69 Å². The number of aromatic nitrogens is 5. The van der Waals surface area contributed by atoms with Crippen molar-refractivity contribution >= 4 is 34.4 Å². The van der Waals surface area contributed by atoms with E-state index in [4.69, 9.17) is 11.6 Å². The monoisotopic (exact) mass is 430 g/mol. The SMILES string of the molecule is O=C(O)C1C2CCC(CC2)[C@H]1CNc1nc(-c2[nH]nc3ncc(Cl)cc23)ncc1F. The van der Waals surface area contributed by atoms with Crippen LogP contribution in [0.25, 0.3) is 22.6 Å². The van der Waals surface area contributed by atoms with Crippen molar-refractivity contribution in [3.05, 3.63) is 29.3 Å². The third-order valence-corrected chi connectivity index (χ3v) is 6.73. The lowest BCUT2D eigenvalue weighted by Gasteiger charge is -2.46. The number of rotatable bonds is 5. The summed E-state index contributed by atoms with van der Waals surface area (Å²) in [5.74, 6) is -0.923. The standard InChI is InChI=1S/C20H20ClFN6O2/c21-11-5-12-16(27-28-17(12)23-6-11)19-25-8-14(22)18(26-19)24-7-13-9-1-3-10(4-2-9)15(13)20(29)30/h5-6,8-10,13,15H,1-4,7H2,(H,29,30)(H,23,27,28)(H,24,25,26)/t9?,10?,13-,15?/m1/s1. The fraction of sp³-hybridized carbons (Fsp3) is 0.450. The zero-order valence-corrected chi connectivity index (χ0v) is 16.7.